The lowest BCUT2D eigenvalue weighted by atomic mass is 10.1. The Labute approximate surface area is 147 Å². The minimum Gasteiger partial charge on any atom is -0.481 e. The normalized spacial score (nSPS) is 11.4. The predicted molar refractivity (Wildman–Crippen MR) is 87.9 cm³/mol. The van der Waals surface area contributed by atoms with Crippen LogP contribution >= 0.6 is 0 Å². The van der Waals surface area contributed by atoms with Gasteiger partial charge in [0.25, 0.3) is 0 Å². The highest BCUT2D eigenvalue weighted by Gasteiger charge is 2.30. The first kappa shape index (κ1) is 19.5. The summed E-state index contributed by atoms with van der Waals surface area (Å²) in [6, 6.07) is 6.39. The van der Waals surface area contributed by atoms with Gasteiger partial charge in [-0.25, -0.2) is 0 Å². The number of carboxylic acid groups (broad SMARTS) is 1. The van der Waals surface area contributed by atoms with Crippen molar-refractivity contribution in [1.82, 2.24) is 9.78 Å². The van der Waals surface area contributed by atoms with Gasteiger partial charge in [0.05, 0.1) is 18.5 Å². The summed E-state index contributed by atoms with van der Waals surface area (Å²) in [6.07, 6.45) is -4.70. The van der Waals surface area contributed by atoms with Crippen molar-refractivity contribution in [3.05, 3.63) is 46.8 Å². The van der Waals surface area contributed by atoms with E-state index in [4.69, 9.17) is 5.11 Å². The molecule has 1 aromatic carbocycles. The molecule has 0 saturated carbocycles. The van der Waals surface area contributed by atoms with Crippen molar-refractivity contribution < 1.29 is 27.9 Å². The number of carbonyl (C=O) groups excluding carboxylic acids is 1. The standard InChI is InChI=1S/C17H18F3N3O3/c1-10-14(11(2)23(22-10)9-17(18,19)20)8-15(24)21-13-5-3-4-12(6-13)7-16(25)26/h3-6H,7-9H2,1-2H3,(H,21,24)(H,25,26). The zero-order valence-corrected chi connectivity index (χ0v) is 14.2. The number of nitrogens with zero attached hydrogens (tertiary/aromatic N) is 2. The van der Waals surface area contributed by atoms with E-state index in [9.17, 15) is 22.8 Å². The minimum atomic E-state index is -4.40. The zero-order valence-electron chi connectivity index (χ0n) is 14.2. The maximum Gasteiger partial charge on any atom is 0.408 e. The molecule has 0 aliphatic heterocycles. The molecule has 0 aliphatic carbocycles. The smallest absolute Gasteiger partial charge is 0.408 e. The molecular weight excluding hydrogens is 351 g/mol. The number of aryl methyl sites for hydroxylation is 1. The number of aliphatic carboxylic acids is 1. The number of hydrogen-bond acceptors (Lipinski definition) is 3. The number of aromatic nitrogens is 2. The summed E-state index contributed by atoms with van der Waals surface area (Å²) in [5, 5.41) is 15.3. The van der Waals surface area contributed by atoms with Gasteiger partial charge < -0.3 is 10.4 Å². The second-order valence-corrected chi connectivity index (χ2v) is 5.92. The Kier molecular flexibility index (Phi) is 5.69. The summed E-state index contributed by atoms with van der Waals surface area (Å²) in [5.74, 6) is -1.41. The molecule has 1 heterocycles. The zero-order chi connectivity index (χ0) is 19.5. The van der Waals surface area contributed by atoms with E-state index in [-0.39, 0.29) is 18.5 Å². The largest absolute Gasteiger partial charge is 0.481 e. The van der Waals surface area contributed by atoms with Crippen molar-refractivity contribution in [3.8, 4) is 0 Å². The molecule has 6 nitrogen and oxygen atoms in total. The van der Waals surface area contributed by atoms with Crippen LogP contribution in [-0.2, 0) is 29.0 Å². The fourth-order valence-corrected chi connectivity index (χ4v) is 2.61. The first-order chi connectivity index (χ1) is 12.0. The molecule has 26 heavy (non-hydrogen) atoms. The van der Waals surface area contributed by atoms with Crippen molar-refractivity contribution in [1.29, 1.82) is 0 Å². The van der Waals surface area contributed by atoms with Crippen LogP contribution in [-0.4, -0.2) is 32.9 Å². The Morgan fingerprint density at radius 1 is 1.23 bits per heavy atom. The lowest BCUT2D eigenvalue weighted by Gasteiger charge is -2.09. The number of carboxylic acids is 1. The summed E-state index contributed by atoms with van der Waals surface area (Å²) in [6.45, 7) is 1.83. The van der Waals surface area contributed by atoms with Crippen molar-refractivity contribution in [2.24, 2.45) is 0 Å². The fourth-order valence-electron chi connectivity index (χ4n) is 2.61. The van der Waals surface area contributed by atoms with Crippen LogP contribution in [0.5, 0.6) is 0 Å². The highest BCUT2D eigenvalue weighted by atomic mass is 19.4. The second kappa shape index (κ2) is 7.59. The van der Waals surface area contributed by atoms with Gasteiger partial charge in [-0.1, -0.05) is 12.1 Å². The van der Waals surface area contributed by atoms with E-state index < -0.39 is 24.6 Å². The van der Waals surface area contributed by atoms with E-state index in [2.05, 4.69) is 10.4 Å². The monoisotopic (exact) mass is 369 g/mol. The maximum atomic E-state index is 12.6. The summed E-state index contributed by atoms with van der Waals surface area (Å²) in [5.41, 5.74) is 2.04. The number of benzene rings is 1. The lowest BCUT2D eigenvalue weighted by molar-refractivity contribution is -0.143. The Morgan fingerprint density at radius 2 is 1.92 bits per heavy atom. The van der Waals surface area contributed by atoms with Crippen LogP contribution in [0.25, 0.3) is 0 Å². The number of carbonyl (C=O) groups is 2. The van der Waals surface area contributed by atoms with Crippen LogP contribution in [0.2, 0.25) is 0 Å². The Bertz CT molecular complexity index is 828. The summed E-state index contributed by atoms with van der Waals surface area (Å²) >= 11 is 0. The minimum absolute atomic E-state index is 0.126. The van der Waals surface area contributed by atoms with Gasteiger partial charge in [0, 0.05) is 16.9 Å². The van der Waals surface area contributed by atoms with Crippen molar-refractivity contribution >= 4 is 17.6 Å². The van der Waals surface area contributed by atoms with Crippen LogP contribution in [0.1, 0.15) is 22.5 Å². The van der Waals surface area contributed by atoms with Gasteiger partial charge in [-0.2, -0.15) is 18.3 Å². The summed E-state index contributed by atoms with van der Waals surface area (Å²) in [7, 11) is 0. The third kappa shape index (κ3) is 5.33. The maximum absolute atomic E-state index is 12.6. The summed E-state index contributed by atoms with van der Waals surface area (Å²) < 4.78 is 38.5. The molecule has 0 saturated heterocycles. The molecule has 9 heteroatoms. The highest BCUT2D eigenvalue weighted by molar-refractivity contribution is 5.92. The van der Waals surface area contributed by atoms with E-state index in [1.165, 1.54) is 6.92 Å². The van der Waals surface area contributed by atoms with Gasteiger partial charge >= 0.3 is 12.1 Å². The quantitative estimate of drug-likeness (QED) is 0.820. The van der Waals surface area contributed by atoms with Crippen molar-refractivity contribution in [2.45, 2.75) is 39.4 Å². The van der Waals surface area contributed by atoms with Crippen LogP contribution in [0.3, 0.4) is 0 Å². The van der Waals surface area contributed by atoms with Gasteiger partial charge in [-0.05, 0) is 31.5 Å². The van der Waals surface area contributed by atoms with Gasteiger partial charge in [0.15, 0.2) is 0 Å². The van der Waals surface area contributed by atoms with Crippen molar-refractivity contribution in [3.63, 3.8) is 0 Å². The number of nitrogens with one attached hydrogen (secondary N) is 1. The number of alkyl halides is 3. The first-order valence-electron chi connectivity index (χ1n) is 7.75. The molecule has 2 aromatic rings. The molecule has 0 unspecified atom stereocenters. The second-order valence-electron chi connectivity index (χ2n) is 5.92. The number of rotatable bonds is 6. The molecule has 0 bridgehead atoms. The molecule has 1 amide bonds. The Balaban J connectivity index is 2.10. The van der Waals surface area contributed by atoms with Gasteiger partial charge in [0.2, 0.25) is 5.91 Å². The Hall–Kier alpha value is -2.84. The lowest BCUT2D eigenvalue weighted by Crippen LogP contribution is -2.20. The van der Waals surface area contributed by atoms with Gasteiger partial charge in [-0.3, -0.25) is 14.3 Å². The van der Waals surface area contributed by atoms with E-state index >= 15 is 0 Å². The molecule has 2 N–H and O–H groups in total. The molecule has 0 radical (unpaired) electrons. The number of halogens is 3. The third-order valence-electron chi connectivity index (χ3n) is 3.76. The average molecular weight is 369 g/mol. The van der Waals surface area contributed by atoms with E-state index in [1.807, 2.05) is 0 Å². The SMILES string of the molecule is Cc1nn(CC(F)(F)F)c(C)c1CC(=O)Nc1cccc(CC(=O)O)c1. The van der Waals surface area contributed by atoms with Gasteiger partial charge in [0.1, 0.15) is 6.54 Å². The van der Waals surface area contributed by atoms with Gasteiger partial charge in [-0.15, -0.1) is 0 Å². The molecule has 1 aromatic heterocycles. The molecule has 0 spiro atoms. The van der Waals surface area contributed by atoms with Crippen molar-refractivity contribution in [2.75, 3.05) is 5.32 Å². The van der Waals surface area contributed by atoms with E-state index in [0.717, 1.165) is 4.68 Å². The number of amides is 1. The van der Waals surface area contributed by atoms with Crippen LogP contribution < -0.4 is 5.32 Å². The van der Waals surface area contributed by atoms with E-state index in [0.29, 0.717) is 22.5 Å². The molecule has 0 aliphatic rings. The fraction of sp³-hybridized carbons (Fsp3) is 0.353. The predicted octanol–water partition coefficient (Wildman–Crippen LogP) is 2.87. The summed E-state index contributed by atoms with van der Waals surface area (Å²) in [4.78, 5) is 23.0. The van der Waals surface area contributed by atoms with Crippen LogP contribution in [0.15, 0.2) is 24.3 Å². The van der Waals surface area contributed by atoms with Crippen LogP contribution in [0, 0.1) is 13.8 Å². The Morgan fingerprint density at radius 3 is 2.54 bits per heavy atom. The topological polar surface area (TPSA) is 84.2 Å². The highest BCUT2D eigenvalue weighted by Crippen LogP contribution is 2.21. The molecule has 140 valence electrons. The average Bonchev–Trinajstić information content (AvgIpc) is 2.72. The number of hydrogen-bond donors (Lipinski definition) is 2. The first-order valence-corrected chi connectivity index (χ1v) is 7.75. The molecule has 0 atom stereocenters. The van der Waals surface area contributed by atoms with E-state index in [1.54, 1.807) is 31.2 Å². The third-order valence-corrected chi connectivity index (χ3v) is 3.76. The number of anilines is 1. The molecular formula is C17H18F3N3O3. The van der Waals surface area contributed by atoms with Crippen LogP contribution in [0.4, 0.5) is 18.9 Å². The molecule has 2 rings (SSSR count). The molecule has 0 fully saturated rings.